The summed E-state index contributed by atoms with van der Waals surface area (Å²) >= 11 is 0. The Balaban J connectivity index is 1.88. The Morgan fingerprint density at radius 3 is 3.11 bits per heavy atom. The number of rotatable bonds is 6. The number of hydrogen-bond acceptors (Lipinski definition) is 3. The smallest absolute Gasteiger partial charge is 0.0764 e. The number of aliphatic hydroxyl groups is 1. The van der Waals surface area contributed by atoms with Gasteiger partial charge in [0.15, 0.2) is 0 Å². The predicted octanol–water partition coefficient (Wildman–Crippen LogP) is 2.45. The summed E-state index contributed by atoms with van der Waals surface area (Å²) in [6.45, 7) is 7.94. The fourth-order valence-corrected chi connectivity index (χ4v) is 2.84. The Kier molecular flexibility index (Phi) is 5.40. The molecule has 0 bridgehead atoms. The number of nitrogens with zero attached hydrogens (tertiary/aromatic N) is 3. The molecule has 2 atom stereocenters. The van der Waals surface area contributed by atoms with Gasteiger partial charge in [-0.25, -0.2) is 0 Å². The summed E-state index contributed by atoms with van der Waals surface area (Å²) in [4.78, 5) is 2.48. The fraction of sp³-hybridized carbons (Fsp3) is 0.800. The van der Waals surface area contributed by atoms with Gasteiger partial charge in [0.05, 0.1) is 5.69 Å². The lowest BCUT2D eigenvalue weighted by atomic mass is 9.95. The Morgan fingerprint density at radius 1 is 1.53 bits per heavy atom. The van der Waals surface area contributed by atoms with Gasteiger partial charge in [-0.05, 0) is 51.1 Å². The summed E-state index contributed by atoms with van der Waals surface area (Å²) in [7, 11) is 0. The van der Waals surface area contributed by atoms with Gasteiger partial charge in [0.2, 0.25) is 0 Å². The third-order valence-corrected chi connectivity index (χ3v) is 4.23. The maximum Gasteiger partial charge on any atom is 0.0764 e. The van der Waals surface area contributed by atoms with Gasteiger partial charge in [-0.2, -0.15) is 5.10 Å². The average molecular weight is 265 g/mol. The second-order valence-corrected chi connectivity index (χ2v) is 5.80. The van der Waals surface area contributed by atoms with Crippen molar-refractivity contribution < 1.29 is 5.11 Å². The first-order valence-corrected chi connectivity index (χ1v) is 7.60. The molecule has 0 spiro atoms. The molecule has 19 heavy (non-hydrogen) atoms. The monoisotopic (exact) mass is 265 g/mol. The van der Waals surface area contributed by atoms with E-state index >= 15 is 0 Å². The van der Waals surface area contributed by atoms with Crippen LogP contribution in [0, 0.1) is 5.92 Å². The van der Waals surface area contributed by atoms with E-state index in [1.807, 2.05) is 0 Å². The molecule has 4 nitrogen and oxygen atoms in total. The third kappa shape index (κ3) is 4.05. The van der Waals surface area contributed by atoms with E-state index in [2.05, 4.69) is 40.8 Å². The molecular weight excluding hydrogens is 238 g/mol. The van der Waals surface area contributed by atoms with Gasteiger partial charge in [0, 0.05) is 31.9 Å². The molecule has 2 heterocycles. The van der Waals surface area contributed by atoms with E-state index in [0.717, 1.165) is 32.5 Å². The van der Waals surface area contributed by atoms with Crippen LogP contribution >= 0.6 is 0 Å². The van der Waals surface area contributed by atoms with Crippen LogP contribution in [0.4, 0.5) is 0 Å². The molecule has 0 aliphatic carbocycles. The van der Waals surface area contributed by atoms with Crippen molar-refractivity contribution >= 4 is 0 Å². The Labute approximate surface area is 116 Å². The van der Waals surface area contributed by atoms with Gasteiger partial charge in [-0.1, -0.05) is 6.92 Å². The van der Waals surface area contributed by atoms with E-state index in [1.54, 1.807) is 0 Å². The van der Waals surface area contributed by atoms with Crippen molar-refractivity contribution in [2.24, 2.45) is 5.92 Å². The van der Waals surface area contributed by atoms with Gasteiger partial charge >= 0.3 is 0 Å². The highest BCUT2D eigenvalue weighted by atomic mass is 16.3. The lowest BCUT2D eigenvalue weighted by Crippen LogP contribution is -2.35. The van der Waals surface area contributed by atoms with E-state index in [4.69, 9.17) is 5.11 Å². The van der Waals surface area contributed by atoms with Gasteiger partial charge in [0.25, 0.3) is 0 Å². The molecule has 1 aliphatic rings. The van der Waals surface area contributed by atoms with Crippen molar-refractivity contribution in [2.45, 2.75) is 52.1 Å². The molecule has 2 rings (SSSR count). The van der Waals surface area contributed by atoms with E-state index in [0.29, 0.717) is 18.6 Å². The zero-order chi connectivity index (χ0) is 13.7. The molecule has 0 aromatic carbocycles. The quantitative estimate of drug-likeness (QED) is 0.859. The molecule has 1 fully saturated rings. The van der Waals surface area contributed by atoms with Crippen LogP contribution in [0.5, 0.6) is 0 Å². The molecule has 1 aliphatic heterocycles. The molecule has 4 heteroatoms. The number of piperidine rings is 1. The van der Waals surface area contributed by atoms with Gasteiger partial charge in [-0.3, -0.25) is 9.58 Å². The highest BCUT2D eigenvalue weighted by molar-refractivity contribution is 5.00. The predicted molar refractivity (Wildman–Crippen MR) is 76.9 cm³/mol. The minimum Gasteiger partial charge on any atom is -0.396 e. The highest BCUT2D eigenvalue weighted by Gasteiger charge is 2.20. The fourth-order valence-electron chi connectivity index (χ4n) is 2.84. The van der Waals surface area contributed by atoms with E-state index in [9.17, 15) is 0 Å². The zero-order valence-electron chi connectivity index (χ0n) is 12.3. The number of aromatic nitrogens is 2. The van der Waals surface area contributed by atoms with Gasteiger partial charge in [0.1, 0.15) is 0 Å². The molecule has 0 amide bonds. The van der Waals surface area contributed by atoms with Crippen molar-refractivity contribution in [3.63, 3.8) is 0 Å². The lowest BCUT2D eigenvalue weighted by Gasteiger charge is -2.31. The Hall–Kier alpha value is -0.870. The zero-order valence-corrected chi connectivity index (χ0v) is 12.3. The maximum atomic E-state index is 9.05. The SMILES string of the molecule is CCC(C)n1ccc(CN2CCCC(CCO)C2)n1. The van der Waals surface area contributed by atoms with Crippen LogP contribution in [0.3, 0.4) is 0 Å². The molecule has 2 unspecified atom stereocenters. The first-order valence-electron chi connectivity index (χ1n) is 7.60. The van der Waals surface area contributed by atoms with E-state index in [1.165, 1.54) is 18.5 Å². The second-order valence-electron chi connectivity index (χ2n) is 5.80. The normalized spacial score (nSPS) is 22.6. The molecule has 1 N–H and O–H groups in total. The molecule has 1 aromatic heterocycles. The number of hydrogen-bond donors (Lipinski definition) is 1. The molecular formula is C15H27N3O. The van der Waals surface area contributed by atoms with Gasteiger partial charge in [-0.15, -0.1) is 0 Å². The maximum absolute atomic E-state index is 9.05. The largest absolute Gasteiger partial charge is 0.396 e. The molecule has 0 saturated carbocycles. The van der Waals surface area contributed by atoms with Crippen LogP contribution in [0.15, 0.2) is 12.3 Å². The Bertz CT molecular complexity index is 375. The first kappa shape index (κ1) is 14.5. The lowest BCUT2D eigenvalue weighted by molar-refractivity contribution is 0.141. The van der Waals surface area contributed by atoms with Crippen LogP contribution in [-0.2, 0) is 6.54 Å². The molecule has 1 aromatic rings. The topological polar surface area (TPSA) is 41.3 Å². The molecule has 1 saturated heterocycles. The summed E-state index contributed by atoms with van der Waals surface area (Å²) in [6, 6.07) is 2.62. The second kappa shape index (κ2) is 7.06. The third-order valence-electron chi connectivity index (χ3n) is 4.23. The summed E-state index contributed by atoms with van der Waals surface area (Å²) in [5, 5.41) is 13.7. The van der Waals surface area contributed by atoms with Crippen molar-refractivity contribution in [1.29, 1.82) is 0 Å². The first-order chi connectivity index (χ1) is 9.22. The van der Waals surface area contributed by atoms with Crippen LogP contribution in [0.25, 0.3) is 0 Å². The highest BCUT2D eigenvalue weighted by Crippen LogP contribution is 2.20. The van der Waals surface area contributed by atoms with Gasteiger partial charge < -0.3 is 5.11 Å². The van der Waals surface area contributed by atoms with Crippen LogP contribution in [0.2, 0.25) is 0 Å². The molecule has 0 radical (unpaired) electrons. The van der Waals surface area contributed by atoms with Crippen molar-refractivity contribution in [3.8, 4) is 0 Å². The summed E-state index contributed by atoms with van der Waals surface area (Å²) in [5.74, 6) is 0.662. The summed E-state index contributed by atoms with van der Waals surface area (Å²) < 4.78 is 2.07. The number of aliphatic hydroxyl groups excluding tert-OH is 1. The Morgan fingerprint density at radius 2 is 2.37 bits per heavy atom. The average Bonchev–Trinajstić information content (AvgIpc) is 2.87. The van der Waals surface area contributed by atoms with Crippen LogP contribution in [0.1, 0.15) is 51.3 Å². The van der Waals surface area contributed by atoms with Crippen molar-refractivity contribution in [1.82, 2.24) is 14.7 Å². The minimum absolute atomic E-state index is 0.321. The minimum atomic E-state index is 0.321. The van der Waals surface area contributed by atoms with Crippen molar-refractivity contribution in [2.75, 3.05) is 19.7 Å². The standard InChI is InChI=1S/C15H27N3O/c1-3-13(2)18-9-6-15(16-18)12-17-8-4-5-14(11-17)7-10-19/h6,9,13-14,19H,3-5,7-8,10-12H2,1-2H3. The summed E-state index contributed by atoms with van der Waals surface area (Å²) in [6.07, 6.45) is 6.66. The van der Waals surface area contributed by atoms with Crippen LogP contribution < -0.4 is 0 Å². The van der Waals surface area contributed by atoms with Crippen LogP contribution in [-0.4, -0.2) is 39.5 Å². The van der Waals surface area contributed by atoms with Crippen molar-refractivity contribution in [3.05, 3.63) is 18.0 Å². The summed E-state index contributed by atoms with van der Waals surface area (Å²) in [5.41, 5.74) is 1.17. The van der Waals surface area contributed by atoms with E-state index < -0.39 is 0 Å². The van der Waals surface area contributed by atoms with E-state index in [-0.39, 0.29) is 0 Å². The number of likely N-dealkylation sites (tertiary alicyclic amines) is 1. The molecule has 108 valence electrons.